The average molecular weight is 201 g/mol. The molecule has 0 amide bonds. The summed E-state index contributed by atoms with van der Waals surface area (Å²) in [5.74, 6) is 0.674. The molecule has 3 unspecified atom stereocenters. The minimum absolute atomic E-state index is 0.489. The normalized spacial score (nSPS) is 20.1. The van der Waals surface area contributed by atoms with Crippen molar-refractivity contribution in [1.29, 1.82) is 0 Å². The summed E-state index contributed by atoms with van der Waals surface area (Å²) in [6.07, 6.45) is 3.09. The van der Waals surface area contributed by atoms with Gasteiger partial charge in [0, 0.05) is 12.6 Å². The molecule has 0 bridgehead atoms. The van der Waals surface area contributed by atoms with Crippen LogP contribution in [0, 0.1) is 5.92 Å². The summed E-state index contributed by atoms with van der Waals surface area (Å²) < 4.78 is 0. The van der Waals surface area contributed by atoms with Crippen molar-refractivity contribution in [3.05, 3.63) is 0 Å². The predicted molar refractivity (Wildman–Crippen MR) is 62.5 cm³/mol. The Kier molecular flexibility index (Phi) is 6.38. The molecule has 0 aliphatic carbocycles. The second-order valence-corrected chi connectivity index (χ2v) is 4.80. The lowest BCUT2D eigenvalue weighted by atomic mass is 9.97. The van der Waals surface area contributed by atoms with Crippen LogP contribution in [-0.2, 0) is 0 Å². The third kappa shape index (κ3) is 5.61. The fourth-order valence-electron chi connectivity index (χ4n) is 1.56. The summed E-state index contributed by atoms with van der Waals surface area (Å²) in [4.78, 5) is 0. The molecule has 3 atom stereocenters. The van der Waals surface area contributed by atoms with Gasteiger partial charge in [0.25, 0.3) is 0 Å². The van der Waals surface area contributed by atoms with Crippen LogP contribution in [0.3, 0.4) is 0 Å². The molecule has 0 fully saturated rings. The Balaban J connectivity index is 3.80. The third-order valence-corrected chi connectivity index (χ3v) is 3.09. The van der Waals surface area contributed by atoms with Crippen molar-refractivity contribution in [3.8, 4) is 0 Å². The first-order valence-electron chi connectivity index (χ1n) is 5.88. The average Bonchev–Trinajstić information content (AvgIpc) is 2.13. The quantitative estimate of drug-likeness (QED) is 0.663. The molecule has 2 nitrogen and oxygen atoms in total. The zero-order valence-corrected chi connectivity index (χ0v) is 10.4. The smallest absolute Gasteiger partial charge is 0.0743 e. The van der Waals surface area contributed by atoms with Gasteiger partial charge in [-0.1, -0.05) is 33.6 Å². The fraction of sp³-hybridized carbons (Fsp3) is 1.00. The van der Waals surface area contributed by atoms with E-state index < -0.39 is 5.60 Å². The van der Waals surface area contributed by atoms with Crippen molar-refractivity contribution in [1.82, 2.24) is 5.32 Å². The van der Waals surface area contributed by atoms with Crippen molar-refractivity contribution in [2.45, 2.75) is 65.5 Å². The van der Waals surface area contributed by atoms with Crippen LogP contribution in [0.15, 0.2) is 0 Å². The lowest BCUT2D eigenvalue weighted by Crippen LogP contribution is -2.43. The van der Waals surface area contributed by atoms with Crippen LogP contribution >= 0.6 is 0 Å². The van der Waals surface area contributed by atoms with E-state index in [1.54, 1.807) is 0 Å². The Hall–Kier alpha value is -0.0800. The summed E-state index contributed by atoms with van der Waals surface area (Å²) in [5, 5.41) is 13.4. The van der Waals surface area contributed by atoms with Crippen molar-refractivity contribution in [2.75, 3.05) is 6.54 Å². The van der Waals surface area contributed by atoms with Crippen LogP contribution < -0.4 is 5.32 Å². The molecule has 86 valence electrons. The largest absolute Gasteiger partial charge is 0.389 e. The van der Waals surface area contributed by atoms with E-state index in [2.05, 4.69) is 33.0 Å². The molecule has 0 aromatic rings. The van der Waals surface area contributed by atoms with Crippen LogP contribution in [0.4, 0.5) is 0 Å². The third-order valence-electron chi connectivity index (χ3n) is 3.09. The van der Waals surface area contributed by atoms with E-state index in [1.807, 2.05) is 6.92 Å². The molecule has 0 aromatic heterocycles. The standard InChI is InChI=1S/C12H27NO/c1-6-8-12(5,14)9-13-11(4)10(3)7-2/h10-11,13-14H,6-9H2,1-5H3. The molecule has 14 heavy (non-hydrogen) atoms. The van der Waals surface area contributed by atoms with Crippen LogP contribution in [0.1, 0.15) is 53.9 Å². The number of hydrogen-bond acceptors (Lipinski definition) is 2. The van der Waals surface area contributed by atoms with Gasteiger partial charge < -0.3 is 10.4 Å². The Bertz CT molecular complexity index is 145. The summed E-state index contributed by atoms with van der Waals surface area (Å²) in [7, 11) is 0. The molecule has 0 aliphatic rings. The van der Waals surface area contributed by atoms with E-state index in [4.69, 9.17) is 0 Å². The molecule has 0 aliphatic heterocycles. The monoisotopic (exact) mass is 201 g/mol. The SMILES string of the molecule is CCCC(C)(O)CNC(C)C(C)CC. The van der Waals surface area contributed by atoms with E-state index in [-0.39, 0.29) is 0 Å². The number of hydrogen-bond donors (Lipinski definition) is 2. The van der Waals surface area contributed by atoms with Gasteiger partial charge in [0.2, 0.25) is 0 Å². The second-order valence-electron chi connectivity index (χ2n) is 4.80. The zero-order valence-electron chi connectivity index (χ0n) is 10.4. The number of nitrogens with one attached hydrogen (secondary N) is 1. The van der Waals surface area contributed by atoms with E-state index in [9.17, 15) is 5.11 Å². The van der Waals surface area contributed by atoms with Gasteiger partial charge in [-0.3, -0.25) is 0 Å². The van der Waals surface area contributed by atoms with Crippen molar-refractivity contribution in [2.24, 2.45) is 5.92 Å². The minimum atomic E-state index is -0.545. The van der Waals surface area contributed by atoms with Crippen molar-refractivity contribution < 1.29 is 5.11 Å². The van der Waals surface area contributed by atoms with Crippen LogP contribution in [-0.4, -0.2) is 23.3 Å². The Labute approximate surface area is 89.1 Å². The molecule has 2 N–H and O–H groups in total. The number of rotatable bonds is 7. The minimum Gasteiger partial charge on any atom is -0.389 e. The highest BCUT2D eigenvalue weighted by Crippen LogP contribution is 2.12. The van der Waals surface area contributed by atoms with Gasteiger partial charge >= 0.3 is 0 Å². The van der Waals surface area contributed by atoms with Gasteiger partial charge in [0.1, 0.15) is 0 Å². The second kappa shape index (κ2) is 6.41. The molecule has 0 saturated heterocycles. The van der Waals surface area contributed by atoms with Gasteiger partial charge in [-0.2, -0.15) is 0 Å². The number of aliphatic hydroxyl groups is 1. The molecule has 0 heterocycles. The lowest BCUT2D eigenvalue weighted by molar-refractivity contribution is 0.0458. The molecule has 0 spiro atoms. The van der Waals surface area contributed by atoms with E-state index >= 15 is 0 Å². The van der Waals surface area contributed by atoms with Gasteiger partial charge in [-0.05, 0) is 26.2 Å². The van der Waals surface area contributed by atoms with Crippen molar-refractivity contribution >= 4 is 0 Å². The fourth-order valence-corrected chi connectivity index (χ4v) is 1.56. The predicted octanol–water partition coefficient (Wildman–Crippen LogP) is 2.56. The molecular weight excluding hydrogens is 174 g/mol. The van der Waals surface area contributed by atoms with Gasteiger partial charge in [-0.15, -0.1) is 0 Å². The summed E-state index contributed by atoms with van der Waals surface area (Å²) in [6.45, 7) is 11.3. The lowest BCUT2D eigenvalue weighted by Gasteiger charge is -2.27. The molecular formula is C12H27NO. The first-order valence-corrected chi connectivity index (χ1v) is 5.88. The summed E-state index contributed by atoms with van der Waals surface area (Å²) in [6, 6.07) is 0.489. The Morgan fingerprint density at radius 2 is 1.86 bits per heavy atom. The maximum Gasteiger partial charge on any atom is 0.0743 e. The Morgan fingerprint density at radius 1 is 1.29 bits per heavy atom. The maximum atomic E-state index is 9.96. The molecule has 2 heteroatoms. The Morgan fingerprint density at radius 3 is 2.29 bits per heavy atom. The van der Waals surface area contributed by atoms with Crippen LogP contribution in [0.25, 0.3) is 0 Å². The zero-order chi connectivity index (χ0) is 11.2. The summed E-state index contributed by atoms with van der Waals surface area (Å²) in [5.41, 5.74) is -0.545. The highest BCUT2D eigenvalue weighted by atomic mass is 16.3. The molecule has 0 radical (unpaired) electrons. The summed E-state index contributed by atoms with van der Waals surface area (Å²) >= 11 is 0. The molecule has 0 saturated carbocycles. The van der Waals surface area contributed by atoms with Crippen LogP contribution in [0.5, 0.6) is 0 Å². The van der Waals surface area contributed by atoms with Crippen molar-refractivity contribution in [3.63, 3.8) is 0 Å². The van der Waals surface area contributed by atoms with Gasteiger partial charge in [0.05, 0.1) is 5.60 Å². The van der Waals surface area contributed by atoms with Gasteiger partial charge in [0.15, 0.2) is 0 Å². The van der Waals surface area contributed by atoms with E-state index in [0.717, 1.165) is 12.8 Å². The molecule has 0 aromatic carbocycles. The molecule has 0 rings (SSSR count). The highest BCUT2D eigenvalue weighted by molar-refractivity contribution is 4.78. The highest BCUT2D eigenvalue weighted by Gasteiger charge is 2.20. The topological polar surface area (TPSA) is 32.3 Å². The first kappa shape index (κ1) is 13.9. The first-order chi connectivity index (χ1) is 6.43. The van der Waals surface area contributed by atoms with E-state index in [0.29, 0.717) is 18.5 Å². The van der Waals surface area contributed by atoms with Crippen LogP contribution in [0.2, 0.25) is 0 Å². The maximum absolute atomic E-state index is 9.96. The van der Waals surface area contributed by atoms with Gasteiger partial charge in [-0.25, -0.2) is 0 Å². The van der Waals surface area contributed by atoms with E-state index in [1.165, 1.54) is 6.42 Å².